The SMILES string of the molecule is COC(=O)c1cn([C@@H]2CCN([C@@H](C)C(=O)NC[C@H]3CCCO3)C2)nn1. The Kier molecular flexibility index (Phi) is 5.64. The maximum atomic E-state index is 12.4. The molecule has 1 N–H and O–H groups in total. The van der Waals surface area contributed by atoms with E-state index in [1.165, 1.54) is 7.11 Å². The van der Waals surface area contributed by atoms with Crippen molar-refractivity contribution in [3.8, 4) is 0 Å². The first kappa shape index (κ1) is 17.8. The van der Waals surface area contributed by atoms with E-state index in [0.29, 0.717) is 13.1 Å². The molecule has 0 bridgehead atoms. The van der Waals surface area contributed by atoms with Crippen molar-refractivity contribution in [2.24, 2.45) is 0 Å². The van der Waals surface area contributed by atoms with Crippen molar-refractivity contribution in [1.29, 1.82) is 0 Å². The van der Waals surface area contributed by atoms with E-state index in [9.17, 15) is 9.59 Å². The van der Waals surface area contributed by atoms with Crippen LogP contribution in [0.25, 0.3) is 0 Å². The second-order valence-corrected chi connectivity index (χ2v) is 6.57. The summed E-state index contributed by atoms with van der Waals surface area (Å²) in [6.45, 7) is 4.76. The fraction of sp³-hybridized carbons (Fsp3) is 0.750. The lowest BCUT2D eigenvalue weighted by Crippen LogP contribution is -2.46. The molecular weight excluding hydrogens is 326 g/mol. The van der Waals surface area contributed by atoms with Crippen molar-refractivity contribution in [1.82, 2.24) is 25.2 Å². The number of hydrogen-bond acceptors (Lipinski definition) is 7. The zero-order valence-electron chi connectivity index (χ0n) is 14.7. The highest BCUT2D eigenvalue weighted by Crippen LogP contribution is 2.23. The number of methoxy groups -OCH3 is 1. The van der Waals surface area contributed by atoms with Crippen molar-refractivity contribution in [3.63, 3.8) is 0 Å². The average Bonchev–Trinajstić information content (AvgIpc) is 3.38. The van der Waals surface area contributed by atoms with Gasteiger partial charge in [0.25, 0.3) is 0 Å². The van der Waals surface area contributed by atoms with Crippen molar-refractivity contribution in [2.75, 3.05) is 33.4 Å². The summed E-state index contributed by atoms with van der Waals surface area (Å²) in [5.41, 5.74) is 0.198. The fourth-order valence-corrected chi connectivity index (χ4v) is 3.32. The summed E-state index contributed by atoms with van der Waals surface area (Å²) in [7, 11) is 1.32. The lowest BCUT2D eigenvalue weighted by atomic mass is 10.2. The Bertz CT molecular complexity index is 613. The highest BCUT2D eigenvalue weighted by molar-refractivity contribution is 5.86. The Morgan fingerprint density at radius 2 is 2.32 bits per heavy atom. The first-order valence-corrected chi connectivity index (χ1v) is 8.72. The Labute approximate surface area is 146 Å². The van der Waals surface area contributed by atoms with Gasteiger partial charge in [-0.05, 0) is 26.2 Å². The summed E-state index contributed by atoms with van der Waals surface area (Å²) in [6.07, 6.45) is 4.68. The summed E-state index contributed by atoms with van der Waals surface area (Å²) in [5.74, 6) is -0.479. The van der Waals surface area contributed by atoms with Gasteiger partial charge in [-0.2, -0.15) is 0 Å². The van der Waals surface area contributed by atoms with E-state index in [1.807, 2.05) is 6.92 Å². The summed E-state index contributed by atoms with van der Waals surface area (Å²) >= 11 is 0. The number of hydrogen-bond donors (Lipinski definition) is 1. The molecule has 1 amide bonds. The molecule has 0 unspecified atom stereocenters. The van der Waals surface area contributed by atoms with Gasteiger partial charge >= 0.3 is 5.97 Å². The van der Waals surface area contributed by atoms with E-state index in [0.717, 1.165) is 32.4 Å². The molecule has 2 saturated heterocycles. The van der Waals surface area contributed by atoms with Crippen LogP contribution in [-0.4, -0.2) is 77.3 Å². The highest BCUT2D eigenvalue weighted by Gasteiger charge is 2.31. The van der Waals surface area contributed by atoms with Crippen molar-refractivity contribution in [2.45, 2.75) is 44.4 Å². The van der Waals surface area contributed by atoms with Gasteiger partial charge in [0, 0.05) is 26.2 Å². The fourth-order valence-electron chi connectivity index (χ4n) is 3.32. The van der Waals surface area contributed by atoms with Crippen molar-refractivity contribution < 1.29 is 19.1 Å². The van der Waals surface area contributed by atoms with Crippen LogP contribution < -0.4 is 5.32 Å². The van der Waals surface area contributed by atoms with Crippen LogP contribution in [0.2, 0.25) is 0 Å². The first-order chi connectivity index (χ1) is 12.1. The van der Waals surface area contributed by atoms with Crippen LogP contribution in [0.4, 0.5) is 0 Å². The predicted molar refractivity (Wildman–Crippen MR) is 88.0 cm³/mol. The minimum Gasteiger partial charge on any atom is -0.464 e. The van der Waals surface area contributed by atoms with E-state index in [-0.39, 0.29) is 29.8 Å². The Hall–Kier alpha value is -2.00. The van der Waals surface area contributed by atoms with Gasteiger partial charge in [-0.1, -0.05) is 5.21 Å². The van der Waals surface area contributed by atoms with E-state index in [1.54, 1.807) is 10.9 Å². The monoisotopic (exact) mass is 351 g/mol. The summed E-state index contributed by atoms with van der Waals surface area (Å²) < 4.78 is 11.9. The van der Waals surface area contributed by atoms with Crippen LogP contribution in [0, 0.1) is 0 Å². The molecule has 2 aliphatic rings. The zero-order valence-corrected chi connectivity index (χ0v) is 14.7. The quantitative estimate of drug-likeness (QED) is 0.720. The van der Waals surface area contributed by atoms with Gasteiger partial charge in [0.05, 0.1) is 31.5 Å². The number of esters is 1. The number of nitrogens with zero attached hydrogens (tertiary/aromatic N) is 4. The van der Waals surface area contributed by atoms with Gasteiger partial charge in [0.15, 0.2) is 5.69 Å². The van der Waals surface area contributed by atoms with E-state index < -0.39 is 5.97 Å². The second kappa shape index (κ2) is 7.92. The van der Waals surface area contributed by atoms with Crippen molar-refractivity contribution in [3.05, 3.63) is 11.9 Å². The molecule has 1 aromatic heterocycles. The van der Waals surface area contributed by atoms with Crippen LogP contribution in [0.5, 0.6) is 0 Å². The standard InChI is InChI=1S/C16H25N5O4/c1-11(15(22)17-8-13-4-3-7-25-13)20-6-5-12(9-20)21-10-14(18-19-21)16(23)24-2/h10-13H,3-9H2,1-2H3,(H,17,22)/t11-,12+,13+/m0/s1. The minimum atomic E-state index is -0.497. The van der Waals surface area contributed by atoms with Gasteiger partial charge in [-0.25, -0.2) is 9.48 Å². The largest absolute Gasteiger partial charge is 0.464 e. The summed E-state index contributed by atoms with van der Waals surface area (Å²) in [6, 6.07) is -0.116. The predicted octanol–water partition coefficient (Wildman–Crippen LogP) is -0.00480. The molecular formula is C16H25N5O4. The topological polar surface area (TPSA) is 98.6 Å². The van der Waals surface area contributed by atoms with Gasteiger partial charge in [0.1, 0.15) is 0 Å². The molecule has 0 aliphatic carbocycles. The molecule has 138 valence electrons. The number of amides is 1. The van der Waals surface area contributed by atoms with Crippen LogP contribution in [0.3, 0.4) is 0 Å². The van der Waals surface area contributed by atoms with Crippen LogP contribution in [-0.2, 0) is 14.3 Å². The third-order valence-electron chi connectivity index (χ3n) is 4.93. The number of nitrogens with one attached hydrogen (secondary N) is 1. The van der Waals surface area contributed by atoms with Gasteiger partial charge < -0.3 is 14.8 Å². The van der Waals surface area contributed by atoms with E-state index in [4.69, 9.17) is 4.74 Å². The number of carbonyl (C=O) groups is 2. The number of aromatic nitrogens is 3. The van der Waals surface area contributed by atoms with E-state index in [2.05, 4.69) is 25.3 Å². The summed E-state index contributed by atoms with van der Waals surface area (Å²) in [4.78, 5) is 26.0. The summed E-state index contributed by atoms with van der Waals surface area (Å²) in [5, 5.41) is 10.8. The minimum absolute atomic E-state index is 0.0185. The number of rotatable bonds is 6. The lowest BCUT2D eigenvalue weighted by molar-refractivity contribution is -0.126. The molecule has 0 spiro atoms. The molecule has 0 radical (unpaired) electrons. The molecule has 3 atom stereocenters. The molecule has 2 fully saturated rings. The number of likely N-dealkylation sites (tertiary alicyclic amines) is 1. The normalized spacial score (nSPS) is 25.0. The maximum Gasteiger partial charge on any atom is 0.360 e. The van der Waals surface area contributed by atoms with E-state index >= 15 is 0 Å². The molecule has 0 saturated carbocycles. The Balaban J connectivity index is 1.50. The molecule has 25 heavy (non-hydrogen) atoms. The second-order valence-electron chi connectivity index (χ2n) is 6.57. The molecule has 0 aromatic carbocycles. The third-order valence-corrected chi connectivity index (χ3v) is 4.93. The van der Waals surface area contributed by atoms with Crippen LogP contribution in [0.15, 0.2) is 6.20 Å². The smallest absolute Gasteiger partial charge is 0.360 e. The first-order valence-electron chi connectivity index (χ1n) is 8.72. The molecule has 2 aliphatic heterocycles. The number of ether oxygens (including phenoxy) is 2. The molecule has 9 heteroatoms. The highest BCUT2D eigenvalue weighted by atomic mass is 16.5. The lowest BCUT2D eigenvalue weighted by Gasteiger charge is -2.24. The molecule has 3 rings (SSSR count). The number of carbonyl (C=O) groups excluding carboxylic acids is 2. The zero-order chi connectivity index (χ0) is 17.8. The maximum absolute atomic E-state index is 12.4. The Morgan fingerprint density at radius 1 is 1.48 bits per heavy atom. The average molecular weight is 351 g/mol. The van der Waals surface area contributed by atoms with Gasteiger partial charge in [-0.15, -0.1) is 5.10 Å². The van der Waals surface area contributed by atoms with Crippen molar-refractivity contribution >= 4 is 11.9 Å². The van der Waals surface area contributed by atoms with Gasteiger partial charge in [-0.3, -0.25) is 9.69 Å². The molecule has 1 aromatic rings. The van der Waals surface area contributed by atoms with Gasteiger partial charge in [0.2, 0.25) is 5.91 Å². The third kappa shape index (κ3) is 4.16. The molecule has 9 nitrogen and oxygen atoms in total. The van der Waals surface area contributed by atoms with Crippen LogP contribution >= 0.6 is 0 Å². The Morgan fingerprint density at radius 3 is 3.04 bits per heavy atom. The molecule has 3 heterocycles. The van der Waals surface area contributed by atoms with Crippen LogP contribution in [0.1, 0.15) is 42.7 Å².